The van der Waals surface area contributed by atoms with E-state index in [4.69, 9.17) is 4.74 Å². The van der Waals surface area contributed by atoms with E-state index in [1.165, 1.54) is 5.56 Å². The topological polar surface area (TPSA) is 77.8 Å². The molecule has 0 spiro atoms. The fourth-order valence-electron chi connectivity index (χ4n) is 3.83. The van der Waals surface area contributed by atoms with Gasteiger partial charge in [-0.1, -0.05) is 30.3 Å². The maximum absolute atomic E-state index is 5.52. The van der Waals surface area contributed by atoms with Crippen LogP contribution in [0.25, 0.3) is 17.1 Å². The van der Waals surface area contributed by atoms with Crippen LogP contribution in [0.3, 0.4) is 0 Å². The summed E-state index contributed by atoms with van der Waals surface area (Å²) in [6.07, 6.45) is 4.80. The minimum atomic E-state index is 0.400. The van der Waals surface area contributed by atoms with Gasteiger partial charge in [0.15, 0.2) is 5.82 Å². The van der Waals surface area contributed by atoms with Gasteiger partial charge < -0.3 is 14.6 Å². The first kappa shape index (κ1) is 19.2. The molecule has 156 valence electrons. The molecule has 4 aromatic rings. The molecule has 0 bridgehead atoms. The van der Waals surface area contributed by atoms with Gasteiger partial charge in [-0.15, -0.1) is 10.2 Å². The second-order valence-corrected chi connectivity index (χ2v) is 7.91. The number of hydrogen-bond acceptors (Lipinski definition) is 6. The van der Waals surface area contributed by atoms with E-state index < -0.39 is 0 Å². The summed E-state index contributed by atoms with van der Waals surface area (Å²) in [7, 11) is 1.61. The number of aryl methyl sites for hydroxylation is 2. The molecule has 1 unspecified atom stereocenters. The fourth-order valence-corrected chi connectivity index (χ4v) is 3.83. The number of rotatable bonds is 6. The predicted molar refractivity (Wildman–Crippen MR) is 120 cm³/mol. The summed E-state index contributed by atoms with van der Waals surface area (Å²) in [4.78, 5) is 8.92. The van der Waals surface area contributed by atoms with E-state index in [0.717, 1.165) is 29.2 Å². The second kappa shape index (κ2) is 7.83. The zero-order valence-corrected chi connectivity index (χ0v) is 17.8. The number of nitrogens with one attached hydrogen (secondary N) is 1. The van der Waals surface area contributed by atoms with Crippen molar-refractivity contribution in [2.75, 3.05) is 12.4 Å². The molecule has 1 saturated carbocycles. The molecule has 0 radical (unpaired) electrons. The van der Waals surface area contributed by atoms with Gasteiger partial charge in [0, 0.05) is 18.2 Å². The lowest BCUT2D eigenvalue weighted by atomic mass is 10.1. The molecule has 3 heterocycles. The highest BCUT2D eigenvalue weighted by Gasteiger charge is 2.38. The average molecular weight is 412 g/mol. The SMILES string of the molecule is COc1nc(-c2cc(C)c(NC3C[C@H]3c3ccccc3)nn2)ccc1-n1cnc(C)c1. The molecule has 7 nitrogen and oxygen atoms in total. The maximum atomic E-state index is 5.52. The third-order valence-electron chi connectivity index (χ3n) is 5.61. The van der Waals surface area contributed by atoms with Crippen LogP contribution in [-0.4, -0.2) is 37.9 Å². The number of anilines is 1. The molecule has 1 N–H and O–H groups in total. The van der Waals surface area contributed by atoms with Gasteiger partial charge >= 0.3 is 0 Å². The Kier molecular flexibility index (Phi) is 4.86. The first-order valence-electron chi connectivity index (χ1n) is 10.3. The van der Waals surface area contributed by atoms with Crippen LogP contribution in [0.5, 0.6) is 5.88 Å². The van der Waals surface area contributed by atoms with Crippen molar-refractivity contribution < 1.29 is 4.74 Å². The molecule has 7 heteroatoms. The molecule has 3 aromatic heterocycles. The van der Waals surface area contributed by atoms with Gasteiger partial charge in [0.05, 0.1) is 24.8 Å². The van der Waals surface area contributed by atoms with Crippen LogP contribution in [-0.2, 0) is 0 Å². The molecular weight excluding hydrogens is 388 g/mol. The number of imidazole rings is 1. The van der Waals surface area contributed by atoms with Crippen molar-refractivity contribution >= 4 is 5.82 Å². The highest BCUT2D eigenvalue weighted by Crippen LogP contribution is 2.42. The van der Waals surface area contributed by atoms with E-state index in [-0.39, 0.29) is 0 Å². The Morgan fingerprint density at radius 3 is 2.58 bits per heavy atom. The third kappa shape index (κ3) is 3.86. The van der Waals surface area contributed by atoms with Crippen molar-refractivity contribution in [1.29, 1.82) is 0 Å². The molecule has 2 atom stereocenters. The minimum absolute atomic E-state index is 0.400. The Balaban J connectivity index is 1.35. The Morgan fingerprint density at radius 1 is 1.03 bits per heavy atom. The minimum Gasteiger partial charge on any atom is -0.479 e. The number of benzene rings is 1. The van der Waals surface area contributed by atoms with Gasteiger partial charge in [0.2, 0.25) is 5.88 Å². The molecule has 31 heavy (non-hydrogen) atoms. The Labute approximate surface area is 181 Å². The molecular formula is C24H24N6O. The van der Waals surface area contributed by atoms with Gasteiger partial charge in [0.1, 0.15) is 11.4 Å². The van der Waals surface area contributed by atoms with Gasteiger partial charge in [-0.2, -0.15) is 0 Å². The van der Waals surface area contributed by atoms with Crippen molar-refractivity contribution in [3.63, 3.8) is 0 Å². The summed E-state index contributed by atoms with van der Waals surface area (Å²) in [5.41, 5.74) is 5.60. The highest BCUT2D eigenvalue weighted by atomic mass is 16.5. The third-order valence-corrected chi connectivity index (χ3v) is 5.61. The molecule has 1 aliphatic rings. The lowest BCUT2D eigenvalue weighted by Gasteiger charge is -2.11. The summed E-state index contributed by atoms with van der Waals surface area (Å²) in [6.45, 7) is 3.99. The van der Waals surface area contributed by atoms with Crippen molar-refractivity contribution in [1.82, 2.24) is 24.7 Å². The van der Waals surface area contributed by atoms with E-state index in [9.17, 15) is 0 Å². The van der Waals surface area contributed by atoms with Gasteiger partial charge in [-0.3, -0.25) is 0 Å². The summed E-state index contributed by atoms with van der Waals surface area (Å²) < 4.78 is 7.42. The Hall–Kier alpha value is -3.74. The van der Waals surface area contributed by atoms with E-state index >= 15 is 0 Å². The van der Waals surface area contributed by atoms with Crippen LogP contribution in [0.1, 0.15) is 29.2 Å². The van der Waals surface area contributed by atoms with E-state index in [1.807, 2.05) is 42.8 Å². The van der Waals surface area contributed by atoms with Gasteiger partial charge in [-0.05, 0) is 49.6 Å². The van der Waals surface area contributed by atoms with E-state index in [2.05, 4.69) is 55.8 Å². The summed E-state index contributed by atoms with van der Waals surface area (Å²) in [5.74, 6) is 1.87. The van der Waals surface area contributed by atoms with E-state index in [0.29, 0.717) is 29.2 Å². The monoisotopic (exact) mass is 412 g/mol. The van der Waals surface area contributed by atoms with Crippen molar-refractivity contribution in [2.45, 2.75) is 32.2 Å². The Morgan fingerprint density at radius 2 is 1.87 bits per heavy atom. The van der Waals surface area contributed by atoms with Gasteiger partial charge in [0.25, 0.3) is 0 Å². The van der Waals surface area contributed by atoms with Crippen molar-refractivity contribution in [2.24, 2.45) is 0 Å². The fraction of sp³-hybridized carbons (Fsp3) is 0.250. The quantitative estimate of drug-likeness (QED) is 0.508. The standard InChI is InChI=1S/C24H24N6O/c1-15-11-21(19-9-10-22(24(27-19)31-3)30-13-16(2)25-14-30)28-29-23(15)26-20-12-18(20)17-7-5-4-6-8-17/h4-11,13-14,18,20H,12H2,1-3H3,(H,26,29)/t18-,20?/m0/s1. The number of methoxy groups -OCH3 is 1. The highest BCUT2D eigenvalue weighted by molar-refractivity contribution is 5.61. The van der Waals surface area contributed by atoms with Gasteiger partial charge in [-0.25, -0.2) is 9.97 Å². The van der Waals surface area contributed by atoms with Crippen molar-refractivity contribution in [3.8, 4) is 23.0 Å². The molecule has 1 aliphatic carbocycles. The maximum Gasteiger partial charge on any atom is 0.238 e. The molecule has 1 aromatic carbocycles. The number of aromatic nitrogens is 5. The lowest BCUT2D eigenvalue weighted by Crippen LogP contribution is -2.09. The van der Waals surface area contributed by atoms with Crippen LogP contribution >= 0.6 is 0 Å². The Bertz CT molecular complexity index is 1220. The number of pyridine rings is 1. The average Bonchev–Trinajstić information content (AvgIpc) is 3.44. The predicted octanol–water partition coefficient (Wildman–Crippen LogP) is 4.32. The number of hydrogen-bond donors (Lipinski definition) is 1. The zero-order chi connectivity index (χ0) is 21.4. The van der Waals surface area contributed by atoms with Crippen LogP contribution < -0.4 is 10.1 Å². The lowest BCUT2D eigenvalue weighted by molar-refractivity contribution is 0.396. The van der Waals surface area contributed by atoms with Crippen LogP contribution in [0, 0.1) is 13.8 Å². The summed E-state index contributed by atoms with van der Waals surface area (Å²) >= 11 is 0. The molecule has 1 fully saturated rings. The largest absolute Gasteiger partial charge is 0.479 e. The molecule has 0 amide bonds. The zero-order valence-electron chi connectivity index (χ0n) is 17.8. The number of nitrogens with zero attached hydrogens (tertiary/aromatic N) is 5. The molecule has 0 aliphatic heterocycles. The first-order chi connectivity index (χ1) is 15.1. The summed E-state index contributed by atoms with van der Waals surface area (Å²) in [5, 5.41) is 12.4. The molecule has 5 rings (SSSR count). The van der Waals surface area contributed by atoms with Crippen LogP contribution in [0.4, 0.5) is 5.82 Å². The van der Waals surface area contributed by atoms with Crippen LogP contribution in [0.2, 0.25) is 0 Å². The molecule has 0 saturated heterocycles. The summed E-state index contributed by atoms with van der Waals surface area (Å²) in [6, 6.07) is 16.9. The van der Waals surface area contributed by atoms with Crippen molar-refractivity contribution in [3.05, 3.63) is 77.9 Å². The first-order valence-corrected chi connectivity index (χ1v) is 10.3. The smallest absolute Gasteiger partial charge is 0.238 e. The van der Waals surface area contributed by atoms with Crippen LogP contribution in [0.15, 0.2) is 61.1 Å². The normalized spacial score (nSPS) is 17.4. The number of ether oxygens (including phenoxy) is 1. The second-order valence-electron chi connectivity index (χ2n) is 7.91. The van der Waals surface area contributed by atoms with E-state index in [1.54, 1.807) is 13.4 Å².